The second-order valence-corrected chi connectivity index (χ2v) is 5.06. The van der Waals surface area contributed by atoms with Gasteiger partial charge in [0.15, 0.2) is 0 Å². The van der Waals surface area contributed by atoms with Gasteiger partial charge in [0, 0.05) is 20.0 Å². The minimum absolute atomic E-state index is 0.273. The molecule has 1 amide bonds. The van der Waals surface area contributed by atoms with Crippen LogP contribution in [0.3, 0.4) is 0 Å². The summed E-state index contributed by atoms with van der Waals surface area (Å²) < 4.78 is 4.93. The average Bonchev–Trinajstić information content (AvgIpc) is 2.31. The van der Waals surface area contributed by atoms with Crippen molar-refractivity contribution in [2.45, 2.75) is 39.0 Å². The molecule has 0 aliphatic heterocycles. The highest BCUT2D eigenvalue weighted by Crippen LogP contribution is 2.31. The molecule has 1 saturated carbocycles. The summed E-state index contributed by atoms with van der Waals surface area (Å²) in [6.07, 6.45) is 3.91. The molecule has 0 radical (unpaired) electrons. The monoisotopic (exact) mass is 257 g/mol. The lowest BCUT2D eigenvalue weighted by Crippen LogP contribution is -2.34. The van der Waals surface area contributed by atoms with E-state index >= 15 is 0 Å². The second kappa shape index (κ2) is 7.24. The van der Waals surface area contributed by atoms with Gasteiger partial charge < -0.3 is 14.7 Å². The van der Waals surface area contributed by atoms with Crippen molar-refractivity contribution in [3.8, 4) is 0 Å². The summed E-state index contributed by atoms with van der Waals surface area (Å²) in [5, 5.41) is 8.74. The van der Waals surface area contributed by atoms with Crippen molar-refractivity contribution in [3.05, 3.63) is 0 Å². The van der Waals surface area contributed by atoms with Crippen LogP contribution in [0.5, 0.6) is 0 Å². The number of carbonyl (C=O) groups excluding carboxylic acids is 1. The third-order valence-electron chi connectivity index (χ3n) is 3.54. The van der Waals surface area contributed by atoms with Crippen molar-refractivity contribution in [3.63, 3.8) is 0 Å². The minimum Gasteiger partial charge on any atom is -0.481 e. The van der Waals surface area contributed by atoms with Crippen LogP contribution in [0.4, 0.5) is 4.79 Å². The highest BCUT2D eigenvalue weighted by molar-refractivity contribution is 5.67. The predicted octanol–water partition coefficient (Wildman–Crippen LogP) is 2.36. The first kappa shape index (κ1) is 14.8. The van der Waals surface area contributed by atoms with E-state index in [-0.39, 0.29) is 12.5 Å². The number of ether oxygens (including phenoxy) is 1. The normalized spacial score (nSPS) is 23.4. The molecule has 0 heterocycles. The lowest BCUT2D eigenvalue weighted by molar-refractivity contribution is -0.138. The molecule has 0 spiro atoms. The van der Waals surface area contributed by atoms with Crippen LogP contribution in [0.2, 0.25) is 0 Å². The fraction of sp³-hybridized carbons (Fsp3) is 0.846. The number of carboxylic acids is 1. The molecular formula is C13H23NO4. The second-order valence-electron chi connectivity index (χ2n) is 5.06. The number of hydrogen-bond acceptors (Lipinski definition) is 3. The van der Waals surface area contributed by atoms with E-state index < -0.39 is 5.97 Å². The van der Waals surface area contributed by atoms with Crippen LogP contribution in [0.15, 0.2) is 0 Å². The number of rotatable bonds is 5. The maximum absolute atomic E-state index is 11.5. The van der Waals surface area contributed by atoms with Crippen LogP contribution >= 0.6 is 0 Å². The van der Waals surface area contributed by atoms with Crippen LogP contribution in [0, 0.1) is 11.8 Å². The summed E-state index contributed by atoms with van der Waals surface area (Å²) in [6, 6.07) is 0. The van der Waals surface area contributed by atoms with Crippen LogP contribution in [-0.4, -0.2) is 42.3 Å². The molecule has 0 aromatic heterocycles. The Labute approximate surface area is 108 Å². The summed E-state index contributed by atoms with van der Waals surface area (Å²) >= 11 is 0. The highest BCUT2D eigenvalue weighted by atomic mass is 16.5. The topological polar surface area (TPSA) is 66.8 Å². The third-order valence-corrected chi connectivity index (χ3v) is 3.54. The van der Waals surface area contributed by atoms with Gasteiger partial charge in [0.2, 0.25) is 0 Å². The molecule has 1 aliphatic carbocycles. The zero-order valence-corrected chi connectivity index (χ0v) is 11.2. The number of hydrogen-bond donors (Lipinski definition) is 1. The molecule has 0 unspecified atom stereocenters. The molecule has 0 atom stereocenters. The maximum atomic E-state index is 11.5. The standard InChI is InChI=1S/C13H23NO4/c1-3-18-13(17)14(2)9-11-6-4-10(5-7-11)8-12(15)16/h10-11H,3-9H2,1-2H3,(H,15,16)/t10-,11-. The molecule has 18 heavy (non-hydrogen) atoms. The van der Waals surface area contributed by atoms with Gasteiger partial charge in [-0.25, -0.2) is 4.79 Å². The Balaban J connectivity index is 2.26. The largest absolute Gasteiger partial charge is 0.481 e. The van der Waals surface area contributed by atoms with Gasteiger partial charge in [0.1, 0.15) is 0 Å². The van der Waals surface area contributed by atoms with E-state index in [1.54, 1.807) is 18.9 Å². The van der Waals surface area contributed by atoms with Crippen LogP contribution in [-0.2, 0) is 9.53 Å². The summed E-state index contributed by atoms with van der Waals surface area (Å²) in [7, 11) is 1.75. The van der Waals surface area contributed by atoms with Crippen molar-refractivity contribution in [1.82, 2.24) is 4.90 Å². The van der Waals surface area contributed by atoms with Gasteiger partial charge in [-0.15, -0.1) is 0 Å². The van der Waals surface area contributed by atoms with E-state index in [1.165, 1.54) is 0 Å². The average molecular weight is 257 g/mol. The number of carboxylic acid groups (broad SMARTS) is 1. The van der Waals surface area contributed by atoms with E-state index in [4.69, 9.17) is 9.84 Å². The van der Waals surface area contributed by atoms with Crippen LogP contribution < -0.4 is 0 Å². The maximum Gasteiger partial charge on any atom is 0.409 e. The summed E-state index contributed by atoms with van der Waals surface area (Å²) in [6.45, 7) is 2.90. The number of aliphatic carboxylic acids is 1. The zero-order valence-electron chi connectivity index (χ0n) is 11.2. The van der Waals surface area contributed by atoms with Crippen molar-refractivity contribution < 1.29 is 19.4 Å². The van der Waals surface area contributed by atoms with Crippen LogP contribution in [0.25, 0.3) is 0 Å². The first-order chi connectivity index (χ1) is 8.52. The van der Waals surface area contributed by atoms with Crippen LogP contribution in [0.1, 0.15) is 39.0 Å². The van der Waals surface area contributed by atoms with Gasteiger partial charge in [-0.3, -0.25) is 4.79 Å². The first-order valence-corrected chi connectivity index (χ1v) is 6.62. The molecule has 1 fully saturated rings. The van der Waals surface area contributed by atoms with Crippen molar-refractivity contribution >= 4 is 12.1 Å². The Hall–Kier alpha value is -1.26. The summed E-state index contributed by atoms with van der Waals surface area (Å²) in [5.74, 6) is 0.0817. The predicted molar refractivity (Wildman–Crippen MR) is 67.4 cm³/mol. The Morgan fingerprint density at radius 3 is 2.28 bits per heavy atom. The molecule has 1 N–H and O–H groups in total. The fourth-order valence-corrected chi connectivity index (χ4v) is 2.56. The molecule has 0 aromatic rings. The van der Waals surface area contributed by atoms with E-state index in [1.807, 2.05) is 0 Å². The summed E-state index contributed by atoms with van der Waals surface area (Å²) in [5.41, 5.74) is 0. The van der Waals surface area contributed by atoms with Gasteiger partial charge in [-0.1, -0.05) is 0 Å². The quantitative estimate of drug-likeness (QED) is 0.821. The Morgan fingerprint density at radius 1 is 1.22 bits per heavy atom. The number of nitrogens with zero attached hydrogens (tertiary/aromatic N) is 1. The molecule has 104 valence electrons. The molecule has 1 aliphatic rings. The third kappa shape index (κ3) is 4.94. The number of amides is 1. The van der Waals surface area contributed by atoms with E-state index in [0.717, 1.165) is 25.7 Å². The van der Waals surface area contributed by atoms with E-state index in [2.05, 4.69) is 0 Å². The zero-order chi connectivity index (χ0) is 13.5. The lowest BCUT2D eigenvalue weighted by Gasteiger charge is -2.30. The Morgan fingerprint density at radius 2 is 1.78 bits per heavy atom. The molecule has 0 bridgehead atoms. The SMILES string of the molecule is CCOC(=O)N(C)C[C@H]1CC[C@H](CC(=O)O)CC1. The van der Waals surface area contributed by atoms with Gasteiger partial charge in [-0.2, -0.15) is 0 Å². The highest BCUT2D eigenvalue weighted by Gasteiger charge is 2.24. The Kier molecular flexibility index (Phi) is 5.95. The molecule has 0 aromatic carbocycles. The summed E-state index contributed by atoms with van der Waals surface area (Å²) in [4.78, 5) is 23.7. The van der Waals surface area contributed by atoms with E-state index in [0.29, 0.717) is 25.0 Å². The molecule has 1 rings (SSSR count). The van der Waals surface area contributed by atoms with Crippen molar-refractivity contribution in [2.24, 2.45) is 11.8 Å². The van der Waals surface area contributed by atoms with Gasteiger partial charge in [0.05, 0.1) is 6.61 Å². The number of carbonyl (C=O) groups is 2. The fourth-order valence-electron chi connectivity index (χ4n) is 2.56. The van der Waals surface area contributed by atoms with Gasteiger partial charge in [-0.05, 0) is 44.4 Å². The smallest absolute Gasteiger partial charge is 0.409 e. The Bertz CT molecular complexity index is 285. The lowest BCUT2D eigenvalue weighted by atomic mass is 9.80. The molecular weight excluding hydrogens is 234 g/mol. The van der Waals surface area contributed by atoms with Gasteiger partial charge >= 0.3 is 12.1 Å². The molecule has 0 saturated heterocycles. The first-order valence-electron chi connectivity index (χ1n) is 6.62. The van der Waals surface area contributed by atoms with Crippen molar-refractivity contribution in [2.75, 3.05) is 20.2 Å². The van der Waals surface area contributed by atoms with Gasteiger partial charge in [0.25, 0.3) is 0 Å². The molecule has 5 nitrogen and oxygen atoms in total. The minimum atomic E-state index is -0.706. The van der Waals surface area contributed by atoms with E-state index in [9.17, 15) is 9.59 Å². The van der Waals surface area contributed by atoms with Crippen molar-refractivity contribution in [1.29, 1.82) is 0 Å². The molecule has 5 heteroatoms.